The van der Waals surface area contributed by atoms with Crippen molar-refractivity contribution in [2.75, 3.05) is 13.1 Å². The number of hydrazone groups is 1. The fraction of sp³-hybridized carbons (Fsp3) is 0.389. The predicted octanol–water partition coefficient (Wildman–Crippen LogP) is 2.59. The summed E-state index contributed by atoms with van der Waals surface area (Å²) >= 11 is 0. The van der Waals surface area contributed by atoms with E-state index in [1.54, 1.807) is 11.1 Å². The van der Waals surface area contributed by atoms with Crippen LogP contribution in [0, 0.1) is 0 Å². The van der Waals surface area contributed by atoms with Crippen molar-refractivity contribution >= 4 is 24.1 Å². The summed E-state index contributed by atoms with van der Waals surface area (Å²) in [6.07, 6.45) is 7.05. The van der Waals surface area contributed by atoms with Gasteiger partial charge >= 0.3 is 0 Å². The van der Waals surface area contributed by atoms with Gasteiger partial charge < -0.3 is 4.90 Å². The lowest BCUT2D eigenvalue weighted by molar-refractivity contribution is -0.135. The van der Waals surface area contributed by atoms with Crippen LogP contribution in [0.1, 0.15) is 38.2 Å². The molecule has 1 fully saturated rings. The number of benzene rings is 1. The van der Waals surface area contributed by atoms with E-state index < -0.39 is 0 Å². The van der Waals surface area contributed by atoms with E-state index in [0.29, 0.717) is 13.0 Å². The highest BCUT2D eigenvalue weighted by atomic mass is 16.2. The van der Waals surface area contributed by atoms with Gasteiger partial charge in [-0.25, -0.2) is 5.43 Å². The molecule has 0 aromatic heterocycles. The van der Waals surface area contributed by atoms with Crippen molar-refractivity contribution < 1.29 is 9.59 Å². The number of carbonyl (C=O) groups excluding carboxylic acids is 2. The molecule has 2 amide bonds. The molecule has 1 heterocycles. The molecule has 1 N–H and O–H groups in total. The summed E-state index contributed by atoms with van der Waals surface area (Å²) < 4.78 is 0. The molecular formula is C18H23N3O2. The van der Waals surface area contributed by atoms with Crippen LogP contribution in [0.3, 0.4) is 0 Å². The molecule has 5 nitrogen and oxygen atoms in total. The highest BCUT2D eigenvalue weighted by molar-refractivity contribution is 5.88. The molecule has 1 aromatic rings. The second-order valence-electron chi connectivity index (χ2n) is 5.72. The zero-order valence-electron chi connectivity index (χ0n) is 13.5. The minimum Gasteiger partial charge on any atom is -0.333 e. The highest BCUT2D eigenvalue weighted by Crippen LogP contribution is 2.10. The van der Waals surface area contributed by atoms with Crippen molar-refractivity contribution in [3.8, 4) is 0 Å². The first-order valence-corrected chi connectivity index (χ1v) is 7.98. The molecule has 0 saturated carbocycles. The minimum atomic E-state index is -0.260. The summed E-state index contributed by atoms with van der Waals surface area (Å²) in [4.78, 5) is 25.3. The van der Waals surface area contributed by atoms with Crippen molar-refractivity contribution in [1.29, 1.82) is 0 Å². The average Bonchev–Trinajstić information content (AvgIpc) is 2.73. The van der Waals surface area contributed by atoms with Gasteiger partial charge in [0.15, 0.2) is 0 Å². The lowest BCUT2D eigenvalue weighted by Crippen LogP contribution is -2.39. The molecule has 122 valence electrons. The Morgan fingerprint density at radius 2 is 2.04 bits per heavy atom. The predicted molar refractivity (Wildman–Crippen MR) is 91.8 cm³/mol. The van der Waals surface area contributed by atoms with Crippen molar-refractivity contribution in [1.82, 2.24) is 10.3 Å². The molecule has 0 spiro atoms. The van der Waals surface area contributed by atoms with E-state index in [1.807, 2.05) is 43.3 Å². The number of likely N-dealkylation sites (tertiary alicyclic amines) is 1. The van der Waals surface area contributed by atoms with Crippen LogP contribution >= 0.6 is 0 Å². The number of amides is 2. The van der Waals surface area contributed by atoms with Crippen molar-refractivity contribution in [3.63, 3.8) is 0 Å². The summed E-state index contributed by atoms with van der Waals surface area (Å²) in [7, 11) is 0. The smallest absolute Gasteiger partial charge is 0.259 e. The van der Waals surface area contributed by atoms with Gasteiger partial charge in [-0.2, -0.15) is 5.10 Å². The van der Waals surface area contributed by atoms with Crippen LogP contribution in [-0.4, -0.2) is 36.0 Å². The molecule has 1 aliphatic heterocycles. The Kier molecular flexibility index (Phi) is 6.54. The zero-order valence-corrected chi connectivity index (χ0v) is 13.5. The van der Waals surface area contributed by atoms with E-state index in [2.05, 4.69) is 10.5 Å². The van der Waals surface area contributed by atoms with Crippen LogP contribution in [0.25, 0.3) is 6.08 Å². The van der Waals surface area contributed by atoms with Crippen LogP contribution in [0.15, 0.2) is 41.0 Å². The van der Waals surface area contributed by atoms with Gasteiger partial charge in [0.2, 0.25) is 5.91 Å². The normalized spacial score (nSPS) is 16.5. The second-order valence-corrected chi connectivity index (χ2v) is 5.72. The summed E-state index contributed by atoms with van der Waals surface area (Å²) in [6, 6.07) is 9.90. The Hall–Kier alpha value is -2.43. The summed E-state index contributed by atoms with van der Waals surface area (Å²) in [5.74, 6) is -0.203. The number of rotatable bonds is 5. The first kappa shape index (κ1) is 16.9. The third-order valence-electron chi connectivity index (χ3n) is 3.66. The first-order valence-electron chi connectivity index (χ1n) is 7.98. The Morgan fingerprint density at radius 1 is 1.26 bits per heavy atom. The van der Waals surface area contributed by atoms with Crippen LogP contribution in [0.4, 0.5) is 0 Å². The van der Waals surface area contributed by atoms with E-state index in [9.17, 15) is 9.59 Å². The molecule has 5 heteroatoms. The number of hydrogen-bond donors (Lipinski definition) is 1. The van der Waals surface area contributed by atoms with Gasteiger partial charge in [-0.1, -0.05) is 42.8 Å². The third-order valence-corrected chi connectivity index (χ3v) is 3.66. The minimum absolute atomic E-state index is 0.0572. The number of hydrogen-bond acceptors (Lipinski definition) is 3. The maximum Gasteiger partial charge on any atom is 0.259 e. The average molecular weight is 313 g/mol. The molecule has 0 aliphatic carbocycles. The second kappa shape index (κ2) is 8.88. The number of nitrogens with zero attached hydrogens (tertiary/aromatic N) is 2. The fourth-order valence-corrected chi connectivity index (χ4v) is 2.47. The number of nitrogens with one attached hydrogen (secondary N) is 1. The largest absolute Gasteiger partial charge is 0.333 e. The lowest BCUT2D eigenvalue weighted by Gasteiger charge is -2.18. The first-order chi connectivity index (χ1) is 11.1. The van der Waals surface area contributed by atoms with Gasteiger partial charge in [-0.15, -0.1) is 0 Å². The summed E-state index contributed by atoms with van der Waals surface area (Å²) in [6.45, 7) is 2.65. The van der Waals surface area contributed by atoms with Gasteiger partial charge in [0.05, 0.1) is 6.21 Å². The maximum absolute atomic E-state index is 11.9. The monoisotopic (exact) mass is 313 g/mol. The molecule has 1 aromatic carbocycles. The van der Waals surface area contributed by atoms with Crippen molar-refractivity contribution in [3.05, 3.63) is 41.5 Å². The maximum atomic E-state index is 11.9. The molecule has 1 saturated heterocycles. The van der Waals surface area contributed by atoms with Crippen LogP contribution < -0.4 is 5.43 Å². The molecular weight excluding hydrogens is 290 g/mol. The van der Waals surface area contributed by atoms with E-state index in [-0.39, 0.29) is 18.4 Å². The van der Waals surface area contributed by atoms with E-state index in [1.165, 1.54) is 0 Å². The molecule has 0 bridgehead atoms. The molecule has 2 rings (SSSR count). The van der Waals surface area contributed by atoms with Crippen LogP contribution in [-0.2, 0) is 9.59 Å². The van der Waals surface area contributed by atoms with Gasteiger partial charge in [0.25, 0.3) is 5.91 Å². The van der Waals surface area contributed by atoms with Crippen LogP contribution in [0.5, 0.6) is 0 Å². The molecule has 0 atom stereocenters. The topological polar surface area (TPSA) is 61.8 Å². The van der Waals surface area contributed by atoms with Gasteiger partial charge in [-0.05, 0) is 30.9 Å². The molecule has 0 unspecified atom stereocenters. The van der Waals surface area contributed by atoms with Gasteiger partial charge in [0, 0.05) is 13.0 Å². The van der Waals surface area contributed by atoms with E-state index in [0.717, 1.165) is 30.4 Å². The van der Waals surface area contributed by atoms with Gasteiger partial charge in [-0.3, -0.25) is 9.59 Å². The number of carbonyl (C=O) groups is 2. The number of allylic oxidation sites excluding steroid dienone is 1. The third kappa shape index (κ3) is 6.06. The van der Waals surface area contributed by atoms with E-state index >= 15 is 0 Å². The summed E-state index contributed by atoms with van der Waals surface area (Å²) in [5.41, 5.74) is 4.50. The molecule has 0 radical (unpaired) electrons. The Morgan fingerprint density at radius 3 is 2.83 bits per heavy atom. The van der Waals surface area contributed by atoms with Crippen LogP contribution in [0.2, 0.25) is 0 Å². The zero-order chi connectivity index (χ0) is 16.5. The molecule has 23 heavy (non-hydrogen) atoms. The Balaban J connectivity index is 1.81. The Bertz CT molecular complexity index is 594. The molecule has 1 aliphatic rings. The SMILES string of the molecule is CC(/C=N\NC(=O)CN1CCCCCC1=O)=C\c1ccccc1. The Labute approximate surface area is 137 Å². The highest BCUT2D eigenvalue weighted by Gasteiger charge is 2.18. The standard InChI is InChI=1S/C18H23N3O2/c1-15(12-16-8-4-2-5-9-16)13-19-20-17(22)14-21-11-7-3-6-10-18(21)23/h2,4-5,8-9,12-13H,3,6-7,10-11,14H2,1H3,(H,20,22)/b15-12+,19-13-. The van der Waals surface area contributed by atoms with Gasteiger partial charge in [0.1, 0.15) is 6.54 Å². The van der Waals surface area contributed by atoms with E-state index in [4.69, 9.17) is 0 Å². The van der Waals surface area contributed by atoms with Crippen molar-refractivity contribution in [2.45, 2.75) is 32.6 Å². The fourth-order valence-electron chi connectivity index (χ4n) is 2.47. The quantitative estimate of drug-likeness (QED) is 0.671. The summed E-state index contributed by atoms with van der Waals surface area (Å²) in [5, 5.41) is 3.95. The lowest BCUT2D eigenvalue weighted by atomic mass is 10.1. The van der Waals surface area contributed by atoms with Crippen molar-refractivity contribution in [2.24, 2.45) is 5.10 Å².